The smallest absolute Gasteiger partial charge is 0.162 e. The number of aryl methyl sites for hydroxylation is 1. The number of carbonyl (C=O) groups is 1. The fraction of sp³-hybridized carbons (Fsp3) is 0.286. The van der Waals surface area contributed by atoms with E-state index in [1.807, 2.05) is 17.8 Å². The van der Waals surface area contributed by atoms with Gasteiger partial charge in [-0.1, -0.05) is 0 Å². The molecule has 0 aliphatic heterocycles. The van der Waals surface area contributed by atoms with Crippen molar-refractivity contribution in [3.05, 3.63) is 47.8 Å². The van der Waals surface area contributed by atoms with Crippen molar-refractivity contribution in [3.8, 4) is 5.75 Å². The molecule has 1 aromatic heterocycles. The lowest BCUT2D eigenvalue weighted by atomic mass is 10.1. The summed E-state index contributed by atoms with van der Waals surface area (Å²) in [6, 6.07) is 4.27. The molecule has 0 fully saturated rings. The second kappa shape index (κ2) is 5.65. The molecule has 1 aromatic carbocycles. The summed E-state index contributed by atoms with van der Waals surface area (Å²) in [5.41, 5.74) is 0.0800. The Balaban J connectivity index is 1.95. The molecule has 0 radical (unpaired) electrons. The van der Waals surface area contributed by atoms with Crippen molar-refractivity contribution in [2.75, 3.05) is 6.61 Å². The molecule has 5 heteroatoms. The third kappa shape index (κ3) is 3.19. The molecule has 0 spiro atoms. The highest BCUT2D eigenvalue weighted by atomic mass is 19.1. The van der Waals surface area contributed by atoms with Crippen LogP contribution >= 0.6 is 0 Å². The minimum atomic E-state index is -0.554. The lowest BCUT2D eigenvalue weighted by molar-refractivity contribution is 0.101. The van der Waals surface area contributed by atoms with E-state index in [0.717, 1.165) is 5.82 Å². The predicted octanol–water partition coefficient (Wildman–Crippen LogP) is 2.38. The third-order valence-corrected chi connectivity index (χ3v) is 2.84. The summed E-state index contributed by atoms with van der Waals surface area (Å²) in [7, 11) is 1.91. The van der Waals surface area contributed by atoms with Crippen molar-refractivity contribution in [1.29, 1.82) is 0 Å². The summed E-state index contributed by atoms with van der Waals surface area (Å²) in [6.45, 7) is 1.74. The molecule has 0 amide bonds. The van der Waals surface area contributed by atoms with Crippen LogP contribution in [0.25, 0.3) is 0 Å². The van der Waals surface area contributed by atoms with Gasteiger partial charge in [-0.3, -0.25) is 4.79 Å². The molecule has 0 saturated carbocycles. The molecule has 0 N–H and O–H groups in total. The van der Waals surface area contributed by atoms with Gasteiger partial charge in [-0.05, 0) is 19.1 Å². The van der Waals surface area contributed by atoms with Crippen molar-refractivity contribution in [2.45, 2.75) is 13.3 Å². The van der Waals surface area contributed by atoms with E-state index in [2.05, 4.69) is 4.98 Å². The van der Waals surface area contributed by atoms with E-state index >= 15 is 0 Å². The van der Waals surface area contributed by atoms with E-state index in [4.69, 9.17) is 4.74 Å². The monoisotopic (exact) mass is 262 g/mol. The van der Waals surface area contributed by atoms with Gasteiger partial charge in [-0.15, -0.1) is 0 Å². The molecule has 0 aliphatic rings. The van der Waals surface area contributed by atoms with E-state index < -0.39 is 5.82 Å². The van der Waals surface area contributed by atoms with Crippen LogP contribution in [0, 0.1) is 5.82 Å². The van der Waals surface area contributed by atoms with Crippen LogP contribution in [0.1, 0.15) is 23.1 Å². The highest BCUT2D eigenvalue weighted by Gasteiger charge is 2.08. The van der Waals surface area contributed by atoms with Crippen LogP contribution in [0.5, 0.6) is 5.75 Å². The predicted molar refractivity (Wildman–Crippen MR) is 68.8 cm³/mol. The average molecular weight is 262 g/mol. The van der Waals surface area contributed by atoms with Crippen molar-refractivity contribution in [2.24, 2.45) is 7.05 Å². The number of nitrogens with zero attached hydrogens (tertiary/aromatic N) is 2. The topological polar surface area (TPSA) is 44.1 Å². The van der Waals surface area contributed by atoms with Gasteiger partial charge in [0, 0.05) is 31.9 Å². The molecule has 4 nitrogen and oxygen atoms in total. The molecule has 19 heavy (non-hydrogen) atoms. The summed E-state index contributed by atoms with van der Waals surface area (Å²) in [5, 5.41) is 0. The van der Waals surface area contributed by atoms with E-state index in [1.54, 1.807) is 12.3 Å². The first-order valence-corrected chi connectivity index (χ1v) is 5.97. The number of rotatable bonds is 5. The number of imidazole rings is 1. The molecule has 0 bridgehead atoms. The molecular formula is C14H15FN2O2. The lowest BCUT2D eigenvalue weighted by Gasteiger charge is -2.07. The third-order valence-electron chi connectivity index (χ3n) is 2.84. The highest BCUT2D eigenvalue weighted by molar-refractivity contribution is 5.94. The second-order valence-electron chi connectivity index (χ2n) is 4.25. The number of Topliss-reactive ketones (excluding diaryl/α,β-unsaturated/α-hetero) is 1. The van der Waals surface area contributed by atoms with Crippen LogP contribution in [-0.2, 0) is 13.5 Å². The Kier molecular flexibility index (Phi) is 3.94. The van der Waals surface area contributed by atoms with E-state index in [-0.39, 0.29) is 11.3 Å². The first-order chi connectivity index (χ1) is 9.08. The van der Waals surface area contributed by atoms with Crippen LogP contribution < -0.4 is 4.74 Å². The van der Waals surface area contributed by atoms with Gasteiger partial charge in [0.2, 0.25) is 0 Å². The van der Waals surface area contributed by atoms with Gasteiger partial charge in [-0.25, -0.2) is 9.37 Å². The number of hydrogen-bond donors (Lipinski definition) is 0. The summed E-state index contributed by atoms with van der Waals surface area (Å²) < 4.78 is 20.9. The van der Waals surface area contributed by atoms with Gasteiger partial charge in [0.25, 0.3) is 0 Å². The quantitative estimate of drug-likeness (QED) is 0.777. The minimum Gasteiger partial charge on any atom is -0.493 e. The van der Waals surface area contributed by atoms with Gasteiger partial charge in [-0.2, -0.15) is 0 Å². The Morgan fingerprint density at radius 3 is 2.84 bits per heavy atom. The molecule has 2 aromatic rings. The number of carbonyl (C=O) groups excluding carboxylic acids is 1. The Hall–Kier alpha value is -2.17. The van der Waals surface area contributed by atoms with Crippen molar-refractivity contribution < 1.29 is 13.9 Å². The van der Waals surface area contributed by atoms with Crippen LogP contribution in [0.2, 0.25) is 0 Å². The number of benzene rings is 1. The summed E-state index contributed by atoms with van der Waals surface area (Å²) in [6.07, 6.45) is 4.22. The lowest BCUT2D eigenvalue weighted by Crippen LogP contribution is -2.06. The Bertz CT molecular complexity index is 593. The Morgan fingerprint density at radius 2 is 2.26 bits per heavy atom. The normalized spacial score (nSPS) is 10.5. The molecule has 0 saturated heterocycles. The van der Waals surface area contributed by atoms with Crippen molar-refractivity contribution >= 4 is 5.78 Å². The molecular weight excluding hydrogens is 247 g/mol. The molecule has 0 atom stereocenters. The number of hydrogen-bond acceptors (Lipinski definition) is 3. The molecule has 1 heterocycles. The van der Waals surface area contributed by atoms with Crippen LogP contribution in [-0.4, -0.2) is 21.9 Å². The fourth-order valence-electron chi connectivity index (χ4n) is 1.77. The number of aromatic nitrogens is 2. The summed E-state index contributed by atoms with van der Waals surface area (Å²) >= 11 is 0. The van der Waals surface area contributed by atoms with E-state index in [1.165, 1.54) is 19.1 Å². The average Bonchev–Trinajstić information content (AvgIpc) is 2.75. The van der Waals surface area contributed by atoms with Gasteiger partial charge in [0.1, 0.15) is 17.4 Å². The maximum atomic E-state index is 13.5. The molecule has 100 valence electrons. The largest absolute Gasteiger partial charge is 0.493 e. The molecule has 0 aliphatic carbocycles. The van der Waals surface area contributed by atoms with Gasteiger partial charge in [0.05, 0.1) is 12.2 Å². The van der Waals surface area contributed by atoms with E-state index in [0.29, 0.717) is 18.8 Å². The maximum Gasteiger partial charge on any atom is 0.162 e. The van der Waals surface area contributed by atoms with Crippen LogP contribution in [0.15, 0.2) is 30.6 Å². The van der Waals surface area contributed by atoms with E-state index in [9.17, 15) is 9.18 Å². The summed E-state index contributed by atoms with van der Waals surface area (Å²) in [4.78, 5) is 15.3. The fourth-order valence-corrected chi connectivity index (χ4v) is 1.77. The number of ether oxygens (including phenoxy) is 1. The standard InChI is InChI=1S/C14H15FN2O2/c1-10(18)12-4-3-11(9-13(12)15)19-8-5-14-16-6-7-17(14)2/h3-4,6-7,9H,5,8H2,1-2H3. The van der Waals surface area contributed by atoms with Crippen molar-refractivity contribution in [1.82, 2.24) is 9.55 Å². The number of halogens is 1. The zero-order valence-corrected chi connectivity index (χ0v) is 10.9. The Labute approximate surface area is 110 Å². The van der Waals surface area contributed by atoms with Gasteiger partial charge < -0.3 is 9.30 Å². The summed E-state index contributed by atoms with van der Waals surface area (Å²) in [5.74, 6) is 0.469. The second-order valence-corrected chi connectivity index (χ2v) is 4.25. The minimum absolute atomic E-state index is 0.0800. The van der Waals surface area contributed by atoms with Gasteiger partial charge in [0.15, 0.2) is 5.78 Å². The maximum absolute atomic E-state index is 13.5. The molecule has 0 unspecified atom stereocenters. The zero-order valence-electron chi connectivity index (χ0n) is 10.9. The van der Waals surface area contributed by atoms with Crippen LogP contribution in [0.4, 0.5) is 4.39 Å². The Morgan fingerprint density at radius 1 is 1.47 bits per heavy atom. The zero-order chi connectivity index (χ0) is 13.8. The van der Waals surface area contributed by atoms with Gasteiger partial charge >= 0.3 is 0 Å². The van der Waals surface area contributed by atoms with Crippen molar-refractivity contribution in [3.63, 3.8) is 0 Å². The van der Waals surface area contributed by atoms with Crippen LogP contribution in [0.3, 0.4) is 0 Å². The molecule has 2 rings (SSSR count). The highest BCUT2D eigenvalue weighted by Crippen LogP contribution is 2.17. The first kappa shape index (κ1) is 13.3. The SMILES string of the molecule is CC(=O)c1ccc(OCCc2nccn2C)cc1F. The first-order valence-electron chi connectivity index (χ1n) is 5.97. The number of ketones is 1.